The van der Waals surface area contributed by atoms with E-state index in [4.69, 9.17) is 14.5 Å². The standard InChI is InChI=1S/C37H44N6O5/c38-24-28-12-4-5-15-31(28)33-18-17-32(35(42-33)39-21-19-30-14-6-7-23-47-30)36(45)41-25-29-13-9-22-43(29)34(44)16-8-20-40-37(46)48-26-27-10-2-1-3-11-27/h1-5,10-12,15,17-18,29-30H,6-9,13-14,16,19-23,25-26H2,(H,39,42)(H,40,46)(H,41,45). The van der Waals surface area contributed by atoms with Crippen LogP contribution in [0.25, 0.3) is 11.3 Å². The van der Waals surface area contributed by atoms with E-state index in [1.165, 1.54) is 0 Å². The van der Waals surface area contributed by atoms with Gasteiger partial charge in [-0.05, 0) is 68.7 Å². The number of carbonyl (C=O) groups is 3. The molecule has 2 atom stereocenters. The third-order valence-corrected chi connectivity index (χ3v) is 8.74. The van der Waals surface area contributed by atoms with Crippen molar-refractivity contribution in [3.8, 4) is 17.3 Å². The lowest BCUT2D eigenvalue weighted by atomic mass is 10.0. The van der Waals surface area contributed by atoms with Crippen molar-refractivity contribution in [2.75, 3.05) is 38.1 Å². The van der Waals surface area contributed by atoms with Gasteiger partial charge in [0.2, 0.25) is 5.91 Å². The van der Waals surface area contributed by atoms with Crippen molar-refractivity contribution >= 4 is 23.7 Å². The summed E-state index contributed by atoms with van der Waals surface area (Å²) in [6, 6.07) is 22.3. The molecule has 3 aromatic rings. The van der Waals surface area contributed by atoms with Crippen LogP contribution in [-0.2, 0) is 20.9 Å². The first-order chi connectivity index (χ1) is 23.5. The third kappa shape index (κ3) is 9.78. The van der Waals surface area contributed by atoms with Crippen molar-refractivity contribution in [1.29, 1.82) is 5.26 Å². The highest BCUT2D eigenvalue weighted by atomic mass is 16.5. The van der Waals surface area contributed by atoms with Gasteiger partial charge >= 0.3 is 6.09 Å². The van der Waals surface area contributed by atoms with Crippen molar-refractivity contribution in [3.05, 3.63) is 83.4 Å². The first-order valence-corrected chi connectivity index (χ1v) is 16.9. The number of nitrogens with zero attached hydrogens (tertiary/aromatic N) is 3. The predicted octanol–water partition coefficient (Wildman–Crippen LogP) is 5.42. The molecular weight excluding hydrogens is 608 g/mol. The zero-order chi connectivity index (χ0) is 33.6. The zero-order valence-electron chi connectivity index (χ0n) is 27.3. The lowest BCUT2D eigenvalue weighted by Gasteiger charge is -2.25. The number of rotatable bonds is 14. The number of aromatic nitrogens is 1. The molecule has 3 heterocycles. The number of nitriles is 1. The average molecular weight is 653 g/mol. The van der Waals surface area contributed by atoms with Gasteiger partial charge in [-0.1, -0.05) is 48.5 Å². The van der Waals surface area contributed by atoms with Crippen LogP contribution < -0.4 is 16.0 Å². The van der Waals surface area contributed by atoms with Crippen molar-refractivity contribution in [1.82, 2.24) is 20.5 Å². The van der Waals surface area contributed by atoms with E-state index in [-0.39, 0.29) is 37.0 Å². The molecule has 0 bridgehead atoms. The molecule has 2 aliphatic heterocycles. The summed E-state index contributed by atoms with van der Waals surface area (Å²) in [6.07, 6.45) is 6.16. The molecule has 2 aliphatic rings. The van der Waals surface area contributed by atoms with E-state index in [0.29, 0.717) is 60.8 Å². The molecule has 48 heavy (non-hydrogen) atoms. The highest BCUT2D eigenvalue weighted by Gasteiger charge is 2.29. The second-order valence-electron chi connectivity index (χ2n) is 12.1. The van der Waals surface area contributed by atoms with Crippen LogP contribution in [0.5, 0.6) is 0 Å². The molecule has 2 unspecified atom stereocenters. The molecule has 3 N–H and O–H groups in total. The molecule has 0 saturated carbocycles. The first-order valence-electron chi connectivity index (χ1n) is 16.9. The second kappa shape index (κ2) is 17.8. The Balaban J connectivity index is 1.13. The smallest absolute Gasteiger partial charge is 0.407 e. The van der Waals surface area contributed by atoms with Gasteiger partial charge in [0.05, 0.1) is 29.0 Å². The number of hydrogen-bond donors (Lipinski definition) is 3. The summed E-state index contributed by atoms with van der Waals surface area (Å²) >= 11 is 0. The predicted molar refractivity (Wildman–Crippen MR) is 182 cm³/mol. The Hall–Kier alpha value is -4.95. The van der Waals surface area contributed by atoms with Gasteiger partial charge in [-0.3, -0.25) is 9.59 Å². The monoisotopic (exact) mass is 652 g/mol. The number of hydrogen-bond acceptors (Lipinski definition) is 8. The van der Waals surface area contributed by atoms with Crippen LogP contribution in [0.4, 0.5) is 10.6 Å². The molecule has 0 spiro atoms. The van der Waals surface area contributed by atoms with E-state index in [0.717, 1.165) is 50.7 Å². The molecule has 2 aromatic carbocycles. The van der Waals surface area contributed by atoms with Crippen LogP contribution in [0.3, 0.4) is 0 Å². The molecule has 0 radical (unpaired) electrons. The third-order valence-electron chi connectivity index (χ3n) is 8.74. The fraction of sp³-hybridized carbons (Fsp3) is 0.432. The first kappa shape index (κ1) is 34.4. The fourth-order valence-corrected chi connectivity index (χ4v) is 6.15. The van der Waals surface area contributed by atoms with E-state index in [2.05, 4.69) is 22.0 Å². The molecular formula is C37H44N6O5. The van der Waals surface area contributed by atoms with Crippen molar-refractivity contribution in [2.24, 2.45) is 0 Å². The van der Waals surface area contributed by atoms with Gasteiger partial charge in [0, 0.05) is 50.8 Å². The highest BCUT2D eigenvalue weighted by molar-refractivity contribution is 5.99. The number of carbonyl (C=O) groups excluding carboxylic acids is 3. The lowest BCUT2D eigenvalue weighted by Crippen LogP contribution is -2.43. The van der Waals surface area contributed by atoms with Gasteiger partial charge in [0.25, 0.3) is 5.91 Å². The molecule has 1 aromatic heterocycles. The summed E-state index contributed by atoms with van der Waals surface area (Å²) in [5, 5.41) is 18.7. The van der Waals surface area contributed by atoms with Crippen LogP contribution in [0.1, 0.15) is 72.9 Å². The van der Waals surface area contributed by atoms with Crippen molar-refractivity contribution in [2.45, 2.75) is 70.1 Å². The quantitative estimate of drug-likeness (QED) is 0.196. The molecule has 5 rings (SSSR count). The number of alkyl carbamates (subject to hydrolysis) is 1. The van der Waals surface area contributed by atoms with Crippen molar-refractivity contribution < 1.29 is 23.9 Å². The van der Waals surface area contributed by atoms with E-state index in [1.54, 1.807) is 18.2 Å². The summed E-state index contributed by atoms with van der Waals surface area (Å²) in [5.41, 5.74) is 3.12. The van der Waals surface area contributed by atoms with Gasteiger partial charge < -0.3 is 30.3 Å². The number of amides is 3. The number of nitrogens with one attached hydrogen (secondary N) is 3. The molecule has 11 nitrogen and oxygen atoms in total. The Morgan fingerprint density at radius 3 is 2.60 bits per heavy atom. The Labute approximate surface area is 282 Å². The molecule has 11 heteroatoms. The van der Waals surface area contributed by atoms with Crippen molar-refractivity contribution in [3.63, 3.8) is 0 Å². The highest BCUT2D eigenvalue weighted by Crippen LogP contribution is 2.26. The van der Waals surface area contributed by atoms with E-state index < -0.39 is 6.09 Å². The topological polar surface area (TPSA) is 146 Å². The number of benzene rings is 2. The zero-order valence-corrected chi connectivity index (χ0v) is 27.3. The summed E-state index contributed by atoms with van der Waals surface area (Å²) in [7, 11) is 0. The van der Waals surface area contributed by atoms with Crippen LogP contribution in [0.15, 0.2) is 66.7 Å². The molecule has 0 aliphatic carbocycles. The minimum atomic E-state index is -0.513. The van der Waals surface area contributed by atoms with Gasteiger partial charge in [-0.25, -0.2) is 9.78 Å². The Bertz CT molecular complexity index is 1570. The number of pyridine rings is 1. The van der Waals surface area contributed by atoms with E-state index >= 15 is 0 Å². The average Bonchev–Trinajstić information content (AvgIpc) is 3.61. The molecule has 3 amide bonds. The van der Waals surface area contributed by atoms with Crippen LogP contribution in [0, 0.1) is 11.3 Å². The van der Waals surface area contributed by atoms with Gasteiger partial charge in [0.1, 0.15) is 12.4 Å². The largest absolute Gasteiger partial charge is 0.445 e. The Kier molecular flexibility index (Phi) is 12.8. The minimum Gasteiger partial charge on any atom is -0.445 e. The summed E-state index contributed by atoms with van der Waals surface area (Å²) in [5.74, 6) is 0.167. The van der Waals surface area contributed by atoms with Crippen LogP contribution in [-0.4, -0.2) is 72.7 Å². The molecule has 252 valence electrons. The number of anilines is 1. The molecule has 2 saturated heterocycles. The second-order valence-corrected chi connectivity index (χ2v) is 12.1. The Morgan fingerprint density at radius 1 is 0.958 bits per heavy atom. The fourth-order valence-electron chi connectivity index (χ4n) is 6.15. The number of ether oxygens (including phenoxy) is 2. The maximum atomic E-state index is 13.5. The molecule has 2 fully saturated rings. The van der Waals surface area contributed by atoms with Crippen LogP contribution >= 0.6 is 0 Å². The summed E-state index contributed by atoms with van der Waals surface area (Å²) in [4.78, 5) is 45.2. The summed E-state index contributed by atoms with van der Waals surface area (Å²) in [6.45, 7) is 2.85. The maximum Gasteiger partial charge on any atom is 0.407 e. The Morgan fingerprint density at radius 2 is 1.79 bits per heavy atom. The summed E-state index contributed by atoms with van der Waals surface area (Å²) < 4.78 is 11.1. The van der Waals surface area contributed by atoms with E-state index in [9.17, 15) is 19.6 Å². The normalized spacial score (nSPS) is 17.3. The van der Waals surface area contributed by atoms with Gasteiger partial charge in [-0.2, -0.15) is 5.26 Å². The van der Waals surface area contributed by atoms with Gasteiger partial charge in [0.15, 0.2) is 0 Å². The SMILES string of the molecule is N#Cc1ccccc1-c1ccc(C(=O)NCC2CCCN2C(=O)CCCNC(=O)OCc2ccccc2)c(NCCC2CCCCO2)n1. The number of likely N-dealkylation sites (tertiary alicyclic amines) is 1. The minimum absolute atomic E-state index is 0.000618. The maximum absolute atomic E-state index is 13.5. The van der Waals surface area contributed by atoms with Crippen LogP contribution in [0.2, 0.25) is 0 Å². The van der Waals surface area contributed by atoms with E-state index in [1.807, 2.05) is 53.4 Å². The van der Waals surface area contributed by atoms with Gasteiger partial charge in [-0.15, -0.1) is 0 Å². The lowest BCUT2D eigenvalue weighted by molar-refractivity contribution is -0.132.